The molecule has 2 nitrogen and oxygen atoms in total. The van der Waals surface area contributed by atoms with Crippen molar-refractivity contribution in [2.45, 2.75) is 50.6 Å². The Morgan fingerprint density at radius 1 is 1.23 bits per heavy atom. The zero-order chi connectivity index (χ0) is 9.26. The number of hydrogen-bond donors (Lipinski definition) is 0. The van der Waals surface area contributed by atoms with Gasteiger partial charge in [-0.25, -0.2) is 0 Å². The SMILES string of the molecule is O=C(CCBr)N1C2CCCC1CC2. The van der Waals surface area contributed by atoms with Gasteiger partial charge < -0.3 is 4.90 Å². The van der Waals surface area contributed by atoms with E-state index in [0.29, 0.717) is 24.4 Å². The minimum atomic E-state index is 0.365. The van der Waals surface area contributed by atoms with Gasteiger partial charge in [-0.1, -0.05) is 15.9 Å². The van der Waals surface area contributed by atoms with Crippen LogP contribution in [0.25, 0.3) is 0 Å². The molecule has 2 unspecified atom stereocenters. The summed E-state index contributed by atoms with van der Waals surface area (Å²) in [6, 6.07) is 1.18. The van der Waals surface area contributed by atoms with Gasteiger partial charge in [0.25, 0.3) is 0 Å². The molecular formula is C10H16BrNO. The lowest BCUT2D eigenvalue weighted by atomic mass is 10.0. The van der Waals surface area contributed by atoms with Gasteiger partial charge in [0.15, 0.2) is 0 Å². The number of carbonyl (C=O) groups excluding carboxylic acids is 1. The molecule has 1 amide bonds. The predicted octanol–water partition coefficient (Wildman–Crippen LogP) is 2.31. The first-order valence-corrected chi connectivity index (χ1v) is 6.32. The smallest absolute Gasteiger partial charge is 0.223 e. The molecule has 3 heteroatoms. The van der Waals surface area contributed by atoms with Crippen LogP contribution in [0.4, 0.5) is 0 Å². The fraction of sp³-hybridized carbons (Fsp3) is 0.900. The Kier molecular flexibility index (Phi) is 2.92. The summed E-state index contributed by atoms with van der Waals surface area (Å²) in [6.07, 6.45) is 6.98. The van der Waals surface area contributed by atoms with Crippen LogP contribution < -0.4 is 0 Å². The van der Waals surface area contributed by atoms with Gasteiger partial charge >= 0.3 is 0 Å². The Morgan fingerprint density at radius 2 is 1.85 bits per heavy atom. The second-order valence-electron chi connectivity index (χ2n) is 4.06. The van der Waals surface area contributed by atoms with Crippen LogP contribution >= 0.6 is 15.9 Å². The lowest BCUT2D eigenvalue weighted by molar-refractivity contribution is -0.135. The average Bonchev–Trinajstić information content (AvgIpc) is 2.37. The summed E-state index contributed by atoms with van der Waals surface area (Å²) >= 11 is 3.33. The number of halogens is 1. The van der Waals surface area contributed by atoms with E-state index in [1.807, 2.05) is 0 Å². The zero-order valence-corrected chi connectivity index (χ0v) is 9.42. The maximum absolute atomic E-state index is 11.8. The molecule has 2 fully saturated rings. The number of rotatable bonds is 2. The monoisotopic (exact) mass is 245 g/mol. The second-order valence-corrected chi connectivity index (χ2v) is 4.85. The van der Waals surface area contributed by atoms with Crippen LogP contribution in [0.3, 0.4) is 0 Å². The molecule has 2 atom stereocenters. The highest BCUT2D eigenvalue weighted by atomic mass is 79.9. The van der Waals surface area contributed by atoms with E-state index in [2.05, 4.69) is 20.8 Å². The van der Waals surface area contributed by atoms with E-state index < -0.39 is 0 Å². The molecule has 2 aliphatic heterocycles. The van der Waals surface area contributed by atoms with Gasteiger partial charge in [-0.15, -0.1) is 0 Å². The van der Waals surface area contributed by atoms with Gasteiger partial charge in [0.2, 0.25) is 5.91 Å². The summed E-state index contributed by atoms with van der Waals surface area (Å²) in [5.41, 5.74) is 0. The van der Waals surface area contributed by atoms with Crippen molar-refractivity contribution in [3.05, 3.63) is 0 Å². The number of alkyl halides is 1. The fourth-order valence-corrected chi connectivity index (χ4v) is 3.07. The van der Waals surface area contributed by atoms with Crippen LogP contribution in [0, 0.1) is 0 Å². The van der Waals surface area contributed by atoms with Crippen LogP contribution in [0.15, 0.2) is 0 Å². The first kappa shape index (κ1) is 9.50. The summed E-state index contributed by atoms with van der Waals surface area (Å²) in [7, 11) is 0. The maximum Gasteiger partial charge on any atom is 0.223 e. The van der Waals surface area contributed by atoms with Crippen LogP contribution in [0.2, 0.25) is 0 Å². The van der Waals surface area contributed by atoms with E-state index in [-0.39, 0.29) is 0 Å². The summed E-state index contributed by atoms with van der Waals surface area (Å²) < 4.78 is 0. The minimum Gasteiger partial charge on any atom is -0.337 e. The normalized spacial score (nSPS) is 32.2. The van der Waals surface area contributed by atoms with Gasteiger partial charge in [0, 0.05) is 23.8 Å². The molecule has 0 saturated carbocycles. The first-order chi connectivity index (χ1) is 6.33. The fourth-order valence-electron chi connectivity index (χ4n) is 2.73. The topological polar surface area (TPSA) is 20.3 Å². The molecule has 0 aromatic rings. The standard InChI is InChI=1S/C10H16BrNO/c11-7-6-10(13)12-8-2-1-3-9(12)5-4-8/h8-9H,1-7H2. The lowest BCUT2D eigenvalue weighted by Crippen LogP contribution is -2.44. The van der Waals surface area contributed by atoms with Crippen molar-refractivity contribution in [3.63, 3.8) is 0 Å². The third-order valence-electron chi connectivity index (χ3n) is 3.29. The minimum absolute atomic E-state index is 0.365. The van der Waals surface area contributed by atoms with Crippen LogP contribution in [0.1, 0.15) is 38.5 Å². The van der Waals surface area contributed by atoms with Gasteiger partial charge in [-0.05, 0) is 32.1 Å². The van der Waals surface area contributed by atoms with Crippen molar-refractivity contribution in [3.8, 4) is 0 Å². The van der Waals surface area contributed by atoms with E-state index in [9.17, 15) is 4.79 Å². The first-order valence-electron chi connectivity index (χ1n) is 5.20. The Hall–Kier alpha value is -0.0500. The number of nitrogens with zero attached hydrogens (tertiary/aromatic N) is 1. The Bertz CT molecular complexity index is 191. The molecule has 0 N–H and O–H groups in total. The van der Waals surface area contributed by atoms with Crippen molar-refractivity contribution < 1.29 is 4.79 Å². The number of fused-ring (bicyclic) bond motifs is 2. The number of piperidine rings is 1. The zero-order valence-electron chi connectivity index (χ0n) is 7.84. The molecular weight excluding hydrogens is 230 g/mol. The van der Waals surface area contributed by atoms with E-state index in [1.165, 1.54) is 32.1 Å². The third-order valence-corrected chi connectivity index (χ3v) is 3.69. The second kappa shape index (κ2) is 3.99. The molecule has 13 heavy (non-hydrogen) atoms. The van der Waals surface area contributed by atoms with E-state index in [1.54, 1.807) is 0 Å². The van der Waals surface area contributed by atoms with Crippen molar-refractivity contribution in [1.82, 2.24) is 4.90 Å². The van der Waals surface area contributed by atoms with Gasteiger partial charge in [-0.3, -0.25) is 4.79 Å². The Labute approximate surface area is 87.8 Å². The largest absolute Gasteiger partial charge is 0.337 e. The highest BCUT2D eigenvalue weighted by Gasteiger charge is 2.38. The van der Waals surface area contributed by atoms with E-state index >= 15 is 0 Å². The van der Waals surface area contributed by atoms with Crippen LogP contribution in [0.5, 0.6) is 0 Å². The van der Waals surface area contributed by atoms with Crippen molar-refractivity contribution >= 4 is 21.8 Å². The highest BCUT2D eigenvalue weighted by molar-refractivity contribution is 9.09. The number of carbonyl (C=O) groups is 1. The molecule has 2 aliphatic rings. The molecule has 74 valence electrons. The molecule has 2 bridgehead atoms. The van der Waals surface area contributed by atoms with Crippen LogP contribution in [-0.4, -0.2) is 28.2 Å². The Balaban J connectivity index is 2.02. The van der Waals surface area contributed by atoms with Gasteiger partial charge in [-0.2, -0.15) is 0 Å². The summed E-state index contributed by atoms with van der Waals surface area (Å²) in [5.74, 6) is 0.365. The van der Waals surface area contributed by atoms with Gasteiger partial charge in [0.05, 0.1) is 0 Å². The van der Waals surface area contributed by atoms with Crippen LogP contribution in [-0.2, 0) is 4.79 Å². The summed E-state index contributed by atoms with van der Waals surface area (Å²) in [6.45, 7) is 0. The Morgan fingerprint density at radius 3 is 2.38 bits per heavy atom. The van der Waals surface area contributed by atoms with E-state index in [4.69, 9.17) is 0 Å². The molecule has 0 aromatic carbocycles. The molecule has 0 aliphatic carbocycles. The molecule has 2 saturated heterocycles. The third kappa shape index (κ3) is 1.76. The highest BCUT2D eigenvalue weighted by Crippen LogP contribution is 2.35. The lowest BCUT2D eigenvalue weighted by Gasteiger charge is -2.34. The molecule has 2 heterocycles. The van der Waals surface area contributed by atoms with Crippen molar-refractivity contribution in [2.75, 3.05) is 5.33 Å². The molecule has 0 radical (unpaired) electrons. The number of hydrogen-bond acceptors (Lipinski definition) is 1. The van der Waals surface area contributed by atoms with E-state index in [0.717, 1.165) is 5.33 Å². The predicted molar refractivity (Wildman–Crippen MR) is 55.9 cm³/mol. The quantitative estimate of drug-likeness (QED) is 0.685. The molecule has 0 spiro atoms. The maximum atomic E-state index is 11.8. The summed E-state index contributed by atoms with van der Waals surface area (Å²) in [4.78, 5) is 13.9. The molecule has 0 aromatic heterocycles. The van der Waals surface area contributed by atoms with Gasteiger partial charge in [0.1, 0.15) is 0 Å². The average molecular weight is 246 g/mol. The number of amides is 1. The van der Waals surface area contributed by atoms with Crippen molar-refractivity contribution in [1.29, 1.82) is 0 Å². The molecule has 2 rings (SSSR count). The van der Waals surface area contributed by atoms with Crippen molar-refractivity contribution in [2.24, 2.45) is 0 Å². The summed E-state index contributed by atoms with van der Waals surface area (Å²) in [5, 5.41) is 0.807.